The molecule has 3 aliphatic heterocycles. The minimum Gasteiger partial charge on any atom is -0.444 e. The second kappa shape index (κ2) is 9.66. The van der Waals surface area contributed by atoms with Gasteiger partial charge in [-0.1, -0.05) is 55.5 Å². The number of aromatic nitrogens is 2. The van der Waals surface area contributed by atoms with Crippen molar-refractivity contribution in [2.45, 2.75) is 75.0 Å². The third-order valence-corrected chi connectivity index (χ3v) is 11.2. The van der Waals surface area contributed by atoms with Crippen LogP contribution in [0.3, 0.4) is 0 Å². The molecule has 4 atom stereocenters. The number of rotatable bonds is 3. The van der Waals surface area contributed by atoms with Crippen LogP contribution < -0.4 is 4.90 Å². The molecule has 9 nitrogen and oxygen atoms in total. The number of fused-ring (bicyclic) bond motifs is 6. The van der Waals surface area contributed by atoms with Gasteiger partial charge < -0.3 is 14.5 Å². The Bertz CT molecular complexity index is 1920. The van der Waals surface area contributed by atoms with E-state index in [2.05, 4.69) is 6.92 Å². The molecule has 0 radical (unpaired) electrons. The number of benzene rings is 2. The number of carbonyl (C=O) groups is 2. The highest BCUT2D eigenvalue weighted by Gasteiger charge is 2.61. The normalized spacial score (nSPS) is 24.8. The molecule has 10 heteroatoms. The molecule has 2 bridgehead atoms. The lowest BCUT2D eigenvalue weighted by Gasteiger charge is -2.44. The van der Waals surface area contributed by atoms with Crippen molar-refractivity contribution < 1.29 is 22.7 Å². The zero-order valence-electron chi connectivity index (χ0n) is 25.5. The minimum atomic E-state index is -4.01. The van der Waals surface area contributed by atoms with E-state index >= 15 is 0 Å². The van der Waals surface area contributed by atoms with Gasteiger partial charge in [0.1, 0.15) is 5.60 Å². The minimum absolute atomic E-state index is 0.0487. The third kappa shape index (κ3) is 4.10. The molecule has 0 saturated carbocycles. The van der Waals surface area contributed by atoms with Gasteiger partial charge in [0.25, 0.3) is 10.0 Å². The summed E-state index contributed by atoms with van der Waals surface area (Å²) in [6.45, 7) is 7.70. The van der Waals surface area contributed by atoms with Crippen LogP contribution in [0.15, 0.2) is 78.0 Å². The number of amides is 2. The van der Waals surface area contributed by atoms with Gasteiger partial charge in [-0.15, -0.1) is 0 Å². The third-order valence-electron chi connectivity index (χ3n) is 9.50. The second-order valence-electron chi connectivity index (χ2n) is 13.4. The first-order chi connectivity index (χ1) is 20.8. The summed E-state index contributed by atoms with van der Waals surface area (Å²) in [7, 11) is -2.25. The summed E-state index contributed by atoms with van der Waals surface area (Å²) < 4.78 is 35.2. The Morgan fingerprint density at radius 3 is 2.32 bits per heavy atom. The van der Waals surface area contributed by atoms with E-state index in [1.54, 1.807) is 54.7 Å². The van der Waals surface area contributed by atoms with Crippen LogP contribution in [-0.2, 0) is 25.0 Å². The molecule has 1 spiro atoms. The van der Waals surface area contributed by atoms with E-state index in [1.165, 1.54) is 3.97 Å². The van der Waals surface area contributed by atoms with Crippen LogP contribution in [0.25, 0.3) is 22.2 Å². The number of piperidine rings is 1. The van der Waals surface area contributed by atoms with E-state index in [-0.39, 0.29) is 40.5 Å². The standard InChI is InChI=1S/C34H36N4O5S/c1-21-16-23-17-34(18-26(21)38(23)32(40)43-33(2,3)4)29-27(36(5)31(34)39)19-35-30-28(29)25(22-12-8-6-9-13-22)20-37(30)44(41,42)24-14-10-7-11-15-24/h6-15,19-21,23,26H,16-18H2,1-5H3/t21-,23?,26?,34?/m1/s1. The molecular weight excluding hydrogens is 576 g/mol. The van der Waals surface area contributed by atoms with Gasteiger partial charge in [0.05, 0.1) is 22.2 Å². The van der Waals surface area contributed by atoms with Crippen LogP contribution in [0.2, 0.25) is 0 Å². The molecule has 0 N–H and O–H groups in total. The second-order valence-corrected chi connectivity index (χ2v) is 15.2. The first-order valence-electron chi connectivity index (χ1n) is 15.0. The monoisotopic (exact) mass is 612 g/mol. The van der Waals surface area contributed by atoms with Crippen molar-refractivity contribution in [2.75, 3.05) is 11.9 Å². The number of hydrogen-bond acceptors (Lipinski definition) is 6. The van der Waals surface area contributed by atoms with Crippen LogP contribution >= 0.6 is 0 Å². The van der Waals surface area contributed by atoms with Crippen LogP contribution in [0.5, 0.6) is 0 Å². The molecule has 3 unspecified atom stereocenters. The number of carbonyl (C=O) groups excluding carboxylic acids is 2. The van der Waals surface area contributed by atoms with Crippen molar-refractivity contribution in [2.24, 2.45) is 5.92 Å². The summed E-state index contributed by atoms with van der Waals surface area (Å²) in [6.07, 6.45) is 4.52. The number of hydrogen-bond donors (Lipinski definition) is 0. The van der Waals surface area contributed by atoms with Crippen molar-refractivity contribution in [1.82, 2.24) is 13.9 Å². The Balaban J connectivity index is 1.46. The predicted octanol–water partition coefficient (Wildman–Crippen LogP) is 5.96. The number of anilines is 1. The SMILES string of the molecule is C[C@@H]1CC2CC3(CC1N2C(=O)OC(C)(C)C)C(=O)N(C)c1cnc2c(c(-c4ccccc4)cn2S(=O)(=O)c2ccccc2)c13. The summed E-state index contributed by atoms with van der Waals surface area (Å²) in [4.78, 5) is 36.2. The van der Waals surface area contributed by atoms with E-state index in [1.807, 2.05) is 56.0 Å². The van der Waals surface area contributed by atoms with Crippen molar-refractivity contribution in [3.05, 3.63) is 78.6 Å². The molecule has 2 saturated heterocycles. The smallest absolute Gasteiger partial charge is 0.410 e. The Kier molecular flexibility index (Phi) is 6.27. The molecule has 3 aliphatic rings. The van der Waals surface area contributed by atoms with Gasteiger partial charge in [0.2, 0.25) is 5.91 Å². The van der Waals surface area contributed by atoms with E-state index in [0.717, 1.165) is 17.5 Å². The van der Waals surface area contributed by atoms with Crippen molar-refractivity contribution >= 4 is 38.7 Å². The predicted molar refractivity (Wildman–Crippen MR) is 168 cm³/mol. The highest BCUT2D eigenvalue weighted by Crippen LogP contribution is 2.58. The number of pyridine rings is 1. The largest absolute Gasteiger partial charge is 0.444 e. The quantitative estimate of drug-likeness (QED) is 0.283. The van der Waals surface area contributed by atoms with Gasteiger partial charge in [-0.3, -0.25) is 4.79 Å². The molecule has 4 aromatic rings. The maximum Gasteiger partial charge on any atom is 0.410 e. The lowest BCUT2D eigenvalue weighted by atomic mass is 9.69. The average molecular weight is 613 g/mol. The van der Waals surface area contributed by atoms with Crippen LogP contribution in [0.1, 0.15) is 52.5 Å². The van der Waals surface area contributed by atoms with Crippen LogP contribution in [0, 0.1) is 5.92 Å². The molecule has 2 amide bonds. The van der Waals surface area contributed by atoms with E-state index in [0.29, 0.717) is 29.5 Å². The lowest BCUT2D eigenvalue weighted by Crippen LogP contribution is -2.56. The number of likely N-dealkylation sites (N-methyl/N-ethyl adjacent to an activating group) is 1. The van der Waals surface area contributed by atoms with Crippen molar-refractivity contribution in [1.29, 1.82) is 0 Å². The summed E-state index contributed by atoms with van der Waals surface area (Å²) in [5.41, 5.74) is 1.69. The summed E-state index contributed by atoms with van der Waals surface area (Å²) >= 11 is 0. The molecule has 5 heterocycles. The molecule has 7 rings (SSSR count). The zero-order valence-corrected chi connectivity index (χ0v) is 26.3. The maximum absolute atomic E-state index is 14.4. The van der Waals surface area contributed by atoms with Gasteiger partial charge in [-0.2, -0.15) is 0 Å². The Morgan fingerprint density at radius 1 is 1.02 bits per heavy atom. The molecular formula is C34H36N4O5S. The zero-order chi connectivity index (χ0) is 31.2. The van der Waals surface area contributed by atoms with Gasteiger partial charge in [-0.05, 0) is 63.6 Å². The van der Waals surface area contributed by atoms with Gasteiger partial charge >= 0.3 is 6.09 Å². The Morgan fingerprint density at radius 2 is 1.68 bits per heavy atom. The van der Waals surface area contributed by atoms with E-state index in [4.69, 9.17) is 9.72 Å². The first-order valence-corrected chi connectivity index (χ1v) is 16.5. The van der Waals surface area contributed by atoms with Crippen LogP contribution in [-0.4, -0.2) is 59.0 Å². The molecule has 2 fully saturated rings. The summed E-state index contributed by atoms with van der Waals surface area (Å²) in [5, 5.41) is 0.656. The first kappa shape index (κ1) is 28.6. The van der Waals surface area contributed by atoms with Gasteiger partial charge in [0.15, 0.2) is 5.65 Å². The van der Waals surface area contributed by atoms with Crippen molar-refractivity contribution in [3.8, 4) is 11.1 Å². The van der Waals surface area contributed by atoms with E-state index in [9.17, 15) is 18.0 Å². The van der Waals surface area contributed by atoms with E-state index < -0.39 is 21.0 Å². The Labute approximate surface area is 257 Å². The number of nitrogens with zero attached hydrogens (tertiary/aromatic N) is 4. The molecule has 44 heavy (non-hydrogen) atoms. The fraction of sp³-hybridized carbons (Fsp3) is 0.382. The van der Waals surface area contributed by atoms with Gasteiger partial charge in [0, 0.05) is 41.8 Å². The lowest BCUT2D eigenvalue weighted by molar-refractivity contribution is -0.125. The fourth-order valence-corrected chi connectivity index (χ4v) is 9.04. The molecule has 2 aromatic carbocycles. The highest BCUT2D eigenvalue weighted by molar-refractivity contribution is 7.90. The molecule has 0 aliphatic carbocycles. The van der Waals surface area contributed by atoms with Crippen molar-refractivity contribution in [3.63, 3.8) is 0 Å². The summed E-state index contributed by atoms with van der Waals surface area (Å²) in [6, 6.07) is 17.5. The Hall–Kier alpha value is -4.18. The molecule has 2 aromatic heterocycles. The number of ether oxygens (including phenoxy) is 1. The highest BCUT2D eigenvalue weighted by atomic mass is 32.2. The maximum atomic E-state index is 14.4. The van der Waals surface area contributed by atoms with Gasteiger partial charge in [-0.25, -0.2) is 22.2 Å². The molecule has 228 valence electrons. The van der Waals surface area contributed by atoms with Crippen LogP contribution in [0.4, 0.5) is 10.5 Å². The summed E-state index contributed by atoms with van der Waals surface area (Å²) in [5.74, 6) is 0.121. The fourth-order valence-electron chi connectivity index (χ4n) is 7.70. The average Bonchev–Trinajstić information content (AvgIpc) is 3.55. The topological polar surface area (TPSA) is 102 Å².